The molecule has 0 radical (unpaired) electrons. The van der Waals surface area contributed by atoms with Gasteiger partial charge in [-0.25, -0.2) is 0 Å². The lowest BCUT2D eigenvalue weighted by Gasteiger charge is -2.37. The molecule has 0 saturated carbocycles. The molecule has 156 valence electrons. The van der Waals surface area contributed by atoms with Gasteiger partial charge >= 0.3 is 7.12 Å². The van der Waals surface area contributed by atoms with Gasteiger partial charge in [-0.15, -0.1) is 0 Å². The van der Waals surface area contributed by atoms with Crippen molar-refractivity contribution in [2.24, 2.45) is 0 Å². The third kappa shape index (κ3) is 4.45. The van der Waals surface area contributed by atoms with E-state index in [4.69, 9.17) is 0 Å². The SMILES string of the molecule is CCC1(C)/C(C)=C/C(B(O)O)=CC/C=C(\C)N(C2=CC=CC=CC2)c2ccccc21. The summed E-state index contributed by atoms with van der Waals surface area (Å²) in [7, 11) is -1.48. The van der Waals surface area contributed by atoms with Gasteiger partial charge in [0.05, 0.1) is 0 Å². The molecular formula is C26H32BNO2. The van der Waals surface area contributed by atoms with E-state index in [2.05, 4.69) is 93.3 Å². The molecule has 1 unspecified atom stereocenters. The van der Waals surface area contributed by atoms with Crippen LogP contribution in [0, 0.1) is 0 Å². The number of para-hydroxylation sites is 1. The molecule has 0 fully saturated rings. The molecule has 1 aliphatic heterocycles. The van der Waals surface area contributed by atoms with Crippen molar-refractivity contribution in [3.05, 3.63) is 101 Å². The summed E-state index contributed by atoms with van der Waals surface area (Å²) in [5, 5.41) is 19.8. The van der Waals surface area contributed by atoms with Crippen molar-refractivity contribution < 1.29 is 10.0 Å². The van der Waals surface area contributed by atoms with Crippen LogP contribution < -0.4 is 4.90 Å². The average Bonchev–Trinajstić information content (AvgIpc) is 3.02. The maximum atomic E-state index is 9.92. The minimum atomic E-state index is -1.48. The fourth-order valence-electron chi connectivity index (χ4n) is 4.23. The highest BCUT2D eigenvalue weighted by Gasteiger charge is 2.32. The molecule has 1 aromatic rings. The standard InChI is InChI=1S/C26H32BNO2/c1-5-26(4)20(2)19-22(27(29)30)14-12-13-21(3)28(23-15-8-6-7-9-16-23)25-18-11-10-17-24(25)26/h6-11,13-15,17-19,29-30H,5,12,16H2,1-4H3/b20-19+,21-13+,22-14?. The van der Waals surface area contributed by atoms with Crippen LogP contribution >= 0.6 is 0 Å². The summed E-state index contributed by atoms with van der Waals surface area (Å²) in [4.78, 5) is 2.35. The molecule has 0 saturated heterocycles. The molecule has 1 atom stereocenters. The highest BCUT2D eigenvalue weighted by atomic mass is 16.4. The lowest BCUT2D eigenvalue weighted by Crippen LogP contribution is -2.29. The topological polar surface area (TPSA) is 43.7 Å². The Hall–Kier alpha value is -2.56. The number of fused-ring (bicyclic) bond motifs is 1. The van der Waals surface area contributed by atoms with Crippen LogP contribution in [0.2, 0.25) is 0 Å². The Balaban J connectivity index is 2.30. The summed E-state index contributed by atoms with van der Waals surface area (Å²) in [5.41, 5.74) is 6.16. The molecule has 1 aromatic carbocycles. The first-order chi connectivity index (χ1) is 14.4. The molecule has 1 aliphatic carbocycles. The van der Waals surface area contributed by atoms with Gasteiger partial charge in [0.25, 0.3) is 0 Å². The number of nitrogens with zero attached hydrogens (tertiary/aromatic N) is 1. The summed E-state index contributed by atoms with van der Waals surface area (Å²) in [6.07, 6.45) is 19.0. The Labute approximate surface area is 181 Å². The van der Waals surface area contributed by atoms with Gasteiger partial charge in [-0.05, 0) is 49.9 Å². The second-order valence-electron chi connectivity index (χ2n) is 8.20. The van der Waals surface area contributed by atoms with Crippen molar-refractivity contribution in [3.63, 3.8) is 0 Å². The highest BCUT2D eigenvalue weighted by molar-refractivity contribution is 6.51. The van der Waals surface area contributed by atoms with E-state index in [0.717, 1.165) is 24.1 Å². The number of benzene rings is 1. The fraction of sp³-hybridized carbons (Fsp3) is 0.308. The Morgan fingerprint density at radius 3 is 2.57 bits per heavy atom. The van der Waals surface area contributed by atoms with Gasteiger partial charge < -0.3 is 14.9 Å². The van der Waals surface area contributed by atoms with Gasteiger partial charge in [0.1, 0.15) is 0 Å². The number of rotatable bonds is 3. The van der Waals surface area contributed by atoms with E-state index < -0.39 is 7.12 Å². The molecule has 4 heteroatoms. The molecule has 3 nitrogen and oxygen atoms in total. The Bertz CT molecular complexity index is 965. The van der Waals surface area contributed by atoms with Gasteiger partial charge in [-0.3, -0.25) is 0 Å². The molecule has 0 spiro atoms. The zero-order valence-corrected chi connectivity index (χ0v) is 18.5. The van der Waals surface area contributed by atoms with E-state index in [0.29, 0.717) is 11.9 Å². The van der Waals surface area contributed by atoms with Crippen LogP contribution in [0.3, 0.4) is 0 Å². The van der Waals surface area contributed by atoms with Gasteiger partial charge in [0, 0.05) is 28.9 Å². The summed E-state index contributed by atoms with van der Waals surface area (Å²) in [5.74, 6) is 0. The second kappa shape index (κ2) is 9.50. The van der Waals surface area contributed by atoms with Crippen LogP contribution in [-0.4, -0.2) is 17.2 Å². The van der Waals surface area contributed by atoms with Gasteiger partial charge in [0.2, 0.25) is 0 Å². The number of hydrogen-bond acceptors (Lipinski definition) is 3. The van der Waals surface area contributed by atoms with E-state index in [9.17, 15) is 10.0 Å². The van der Waals surface area contributed by atoms with Crippen LogP contribution in [0.1, 0.15) is 52.5 Å². The zero-order valence-electron chi connectivity index (χ0n) is 18.5. The predicted molar refractivity (Wildman–Crippen MR) is 128 cm³/mol. The molecule has 2 N–H and O–H groups in total. The summed E-state index contributed by atoms with van der Waals surface area (Å²) >= 11 is 0. The Morgan fingerprint density at radius 2 is 1.83 bits per heavy atom. The molecule has 0 bridgehead atoms. The maximum Gasteiger partial charge on any atom is 0.488 e. The first-order valence-electron chi connectivity index (χ1n) is 10.7. The monoisotopic (exact) mass is 401 g/mol. The Kier molecular flexibility index (Phi) is 7.01. The van der Waals surface area contributed by atoms with Crippen molar-refractivity contribution in [2.45, 2.75) is 52.4 Å². The third-order valence-electron chi connectivity index (χ3n) is 6.38. The van der Waals surface area contributed by atoms with E-state index >= 15 is 0 Å². The average molecular weight is 401 g/mol. The number of hydrogen-bond donors (Lipinski definition) is 2. The van der Waals surface area contributed by atoms with Crippen molar-refractivity contribution in [3.8, 4) is 0 Å². The van der Waals surface area contributed by atoms with Crippen LogP contribution in [0.15, 0.2) is 95.3 Å². The van der Waals surface area contributed by atoms with Crippen molar-refractivity contribution >= 4 is 12.8 Å². The first-order valence-corrected chi connectivity index (χ1v) is 10.7. The van der Waals surface area contributed by atoms with E-state index in [1.165, 1.54) is 16.9 Å². The minimum absolute atomic E-state index is 0.246. The quantitative estimate of drug-likeness (QED) is 0.634. The van der Waals surface area contributed by atoms with Crippen LogP contribution in [0.25, 0.3) is 0 Å². The van der Waals surface area contributed by atoms with Crippen LogP contribution in [-0.2, 0) is 5.41 Å². The van der Waals surface area contributed by atoms with Crippen LogP contribution in [0.5, 0.6) is 0 Å². The third-order valence-corrected chi connectivity index (χ3v) is 6.38. The fourth-order valence-corrected chi connectivity index (χ4v) is 4.23. The normalized spacial score (nSPS) is 25.6. The molecule has 3 rings (SSSR count). The largest absolute Gasteiger partial charge is 0.488 e. The van der Waals surface area contributed by atoms with Crippen molar-refractivity contribution in [1.29, 1.82) is 0 Å². The summed E-state index contributed by atoms with van der Waals surface area (Å²) < 4.78 is 0. The van der Waals surface area contributed by atoms with Crippen molar-refractivity contribution in [2.75, 3.05) is 4.90 Å². The smallest absolute Gasteiger partial charge is 0.423 e. The molecule has 0 aromatic heterocycles. The predicted octanol–water partition coefficient (Wildman–Crippen LogP) is 5.75. The number of anilines is 1. The van der Waals surface area contributed by atoms with Gasteiger partial charge in [0.15, 0.2) is 0 Å². The van der Waals surface area contributed by atoms with Crippen LogP contribution in [0.4, 0.5) is 5.69 Å². The molecule has 30 heavy (non-hydrogen) atoms. The van der Waals surface area contributed by atoms with Gasteiger partial charge in [-0.1, -0.05) is 80.2 Å². The van der Waals surface area contributed by atoms with E-state index in [1.54, 1.807) is 0 Å². The molecule has 0 amide bonds. The van der Waals surface area contributed by atoms with Crippen molar-refractivity contribution in [1.82, 2.24) is 0 Å². The van der Waals surface area contributed by atoms with E-state index in [1.807, 2.05) is 12.2 Å². The summed E-state index contributed by atoms with van der Waals surface area (Å²) in [6.45, 7) is 8.65. The molecular weight excluding hydrogens is 369 g/mol. The lowest BCUT2D eigenvalue weighted by molar-refractivity contribution is 0.420. The molecule has 2 aliphatic rings. The first kappa shape index (κ1) is 22.1. The zero-order chi connectivity index (χ0) is 21.7. The Morgan fingerprint density at radius 1 is 1.07 bits per heavy atom. The summed E-state index contributed by atoms with van der Waals surface area (Å²) in [6, 6.07) is 8.59. The second-order valence-corrected chi connectivity index (χ2v) is 8.20. The maximum absolute atomic E-state index is 9.92. The lowest BCUT2D eigenvalue weighted by atomic mass is 9.70. The van der Waals surface area contributed by atoms with Gasteiger partial charge in [-0.2, -0.15) is 0 Å². The number of allylic oxidation sites excluding steroid dienone is 11. The molecule has 1 heterocycles. The highest BCUT2D eigenvalue weighted by Crippen LogP contribution is 2.43. The minimum Gasteiger partial charge on any atom is -0.423 e. The van der Waals surface area contributed by atoms with E-state index in [-0.39, 0.29) is 5.41 Å².